The minimum absolute atomic E-state index is 0.147. The summed E-state index contributed by atoms with van der Waals surface area (Å²) < 4.78 is 0. The molecule has 0 bridgehead atoms. The van der Waals surface area contributed by atoms with Crippen LogP contribution in [0.5, 0.6) is 0 Å². The second-order valence-electron chi connectivity index (χ2n) is 5.03. The number of hydrogen-bond donors (Lipinski definition) is 1. The van der Waals surface area contributed by atoms with Crippen molar-refractivity contribution in [1.29, 1.82) is 0 Å². The van der Waals surface area contributed by atoms with Gasteiger partial charge in [0, 0.05) is 0 Å². The summed E-state index contributed by atoms with van der Waals surface area (Å²) in [5.41, 5.74) is 12.2. The van der Waals surface area contributed by atoms with Gasteiger partial charge in [0.25, 0.3) is 0 Å². The standard InChI is InChI=1S/C15H19N/c16-15(12-4-1-2-5-12)14-9-8-11-6-3-7-13(11)10-14/h4,8-10,15H,1-3,5-7,16H2. The molecule has 1 aromatic carbocycles. The summed E-state index contributed by atoms with van der Waals surface area (Å²) in [5.74, 6) is 0. The van der Waals surface area contributed by atoms with Crippen LogP contribution in [0.25, 0.3) is 0 Å². The van der Waals surface area contributed by atoms with Crippen molar-refractivity contribution in [2.75, 3.05) is 0 Å². The zero-order chi connectivity index (χ0) is 11.0. The molecule has 16 heavy (non-hydrogen) atoms. The van der Waals surface area contributed by atoms with Gasteiger partial charge in [-0.15, -0.1) is 0 Å². The lowest BCUT2D eigenvalue weighted by atomic mass is 9.96. The summed E-state index contributed by atoms with van der Waals surface area (Å²) in [5, 5.41) is 0. The lowest BCUT2D eigenvalue weighted by Crippen LogP contribution is -2.12. The van der Waals surface area contributed by atoms with Crippen molar-refractivity contribution in [2.24, 2.45) is 5.73 Å². The third-order valence-electron chi connectivity index (χ3n) is 3.96. The van der Waals surface area contributed by atoms with Gasteiger partial charge < -0.3 is 5.73 Å². The van der Waals surface area contributed by atoms with Crippen molar-refractivity contribution in [3.8, 4) is 0 Å². The molecule has 84 valence electrons. The summed E-state index contributed by atoms with van der Waals surface area (Å²) in [6.07, 6.45) is 9.84. The maximum atomic E-state index is 6.33. The molecule has 1 atom stereocenters. The second kappa shape index (κ2) is 4.06. The molecule has 3 rings (SSSR count). The van der Waals surface area contributed by atoms with E-state index in [1.807, 2.05) is 0 Å². The molecule has 2 aliphatic rings. The monoisotopic (exact) mass is 213 g/mol. The Morgan fingerprint density at radius 1 is 1.00 bits per heavy atom. The summed E-state index contributed by atoms with van der Waals surface area (Å²) in [6, 6.07) is 7.00. The third-order valence-corrected chi connectivity index (χ3v) is 3.96. The molecule has 1 unspecified atom stereocenters. The molecule has 0 aromatic heterocycles. The van der Waals surface area contributed by atoms with Gasteiger partial charge in [-0.05, 0) is 55.2 Å². The summed E-state index contributed by atoms with van der Waals surface area (Å²) >= 11 is 0. The van der Waals surface area contributed by atoms with Gasteiger partial charge in [0.1, 0.15) is 0 Å². The zero-order valence-electron chi connectivity index (χ0n) is 9.71. The minimum Gasteiger partial charge on any atom is -0.321 e. The number of allylic oxidation sites excluding steroid dienone is 1. The van der Waals surface area contributed by atoms with Crippen molar-refractivity contribution in [1.82, 2.24) is 0 Å². The Hall–Kier alpha value is -1.08. The Morgan fingerprint density at radius 2 is 1.88 bits per heavy atom. The fraction of sp³-hybridized carbons (Fsp3) is 0.467. The van der Waals surface area contributed by atoms with Crippen molar-refractivity contribution < 1.29 is 0 Å². The van der Waals surface area contributed by atoms with Crippen LogP contribution in [0, 0.1) is 0 Å². The molecule has 0 heterocycles. The first-order chi connectivity index (χ1) is 7.84. The maximum Gasteiger partial charge on any atom is 0.0511 e. The van der Waals surface area contributed by atoms with Crippen LogP contribution < -0.4 is 5.73 Å². The Balaban J connectivity index is 1.89. The van der Waals surface area contributed by atoms with Crippen LogP contribution in [0.1, 0.15) is 48.4 Å². The van der Waals surface area contributed by atoms with E-state index in [1.54, 1.807) is 0 Å². The first-order valence-electron chi connectivity index (χ1n) is 6.41. The Kier molecular flexibility index (Phi) is 2.56. The lowest BCUT2D eigenvalue weighted by Gasteiger charge is -2.15. The van der Waals surface area contributed by atoms with Crippen LogP contribution in [0.15, 0.2) is 29.8 Å². The van der Waals surface area contributed by atoms with Gasteiger partial charge in [-0.1, -0.05) is 29.8 Å². The van der Waals surface area contributed by atoms with Gasteiger partial charge in [0.15, 0.2) is 0 Å². The van der Waals surface area contributed by atoms with Crippen LogP contribution in [0.3, 0.4) is 0 Å². The fourth-order valence-electron chi connectivity index (χ4n) is 2.98. The van der Waals surface area contributed by atoms with Gasteiger partial charge in [0.2, 0.25) is 0 Å². The van der Waals surface area contributed by atoms with Crippen molar-refractivity contribution in [3.05, 3.63) is 46.5 Å². The SMILES string of the molecule is NC(C1=CCCC1)c1ccc2c(c1)CCC2. The average Bonchev–Trinajstić information content (AvgIpc) is 2.98. The number of hydrogen-bond acceptors (Lipinski definition) is 1. The molecule has 2 aliphatic carbocycles. The van der Waals surface area contributed by atoms with E-state index in [-0.39, 0.29) is 6.04 Å². The predicted octanol–water partition coefficient (Wildman–Crippen LogP) is 3.29. The molecule has 0 radical (unpaired) electrons. The molecule has 1 heteroatoms. The molecule has 0 spiro atoms. The molecule has 0 aliphatic heterocycles. The first-order valence-corrected chi connectivity index (χ1v) is 6.41. The summed E-state index contributed by atoms with van der Waals surface area (Å²) in [4.78, 5) is 0. The average molecular weight is 213 g/mol. The highest BCUT2D eigenvalue weighted by molar-refractivity contribution is 5.39. The van der Waals surface area contributed by atoms with E-state index in [2.05, 4.69) is 24.3 Å². The fourth-order valence-corrected chi connectivity index (χ4v) is 2.98. The predicted molar refractivity (Wildman–Crippen MR) is 67.3 cm³/mol. The van der Waals surface area contributed by atoms with Crippen molar-refractivity contribution >= 4 is 0 Å². The second-order valence-corrected chi connectivity index (χ2v) is 5.03. The minimum atomic E-state index is 0.147. The smallest absolute Gasteiger partial charge is 0.0511 e. The Morgan fingerprint density at radius 3 is 2.69 bits per heavy atom. The van der Waals surface area contributed by atoms with Crippen LogP contribution in [0.4, 0.5) is 0 Å². The lowest BCUT2D eigenvalue weighted by molar-refractivity contribution is 0.783. The Labute approximate surface area is 97.4 Å². The summed E-state index contributed by atoms with van der Waals surface area (Å²) in [7, 11) is 0. The quantitative estimate of drug-likeness (QED) is 0.750. The molecule has 1 aromatic rings. The highest BCUT2D eigenvalue weighted by atomic mass is 14.6. The van der Waals surface area contributed by atoms with Gasteiger partial charge in [-0.25, -0.2) is 0 Å². The Bertz CT molecular complexity index is 431. The number of aryl methyl sites for hydroxylation is 2. The van der Waals surface area contributed by atoms with E-state index >= 15 is 0 Å². The molecule has 0 saturated heterocycles. The van der Waals surface area contributed by atoms with E-state index in [1.165, 1.54) is 60.8 Å². The number of nitrogens with two attached hydrogens (primary N) is 1. The zero-order valence-corrected chi connectivity index (χ0v) is 9.71. The van der Waals surface area contributed by atoms with E-state index in [0.717, 1.165) is 0 Å². The molecule has 2 N–H and O–H groups in total. The summed E-state index contributed by atoms with van der Waals surface area (Å²) in [6.45, 7) is 0. The number of fused-ring (bicyclic) bond motifs is 1. The number of benzene rings is 1. The van der Waals surface area contributed by atoms with Crippen LogP contribution >= 0.6 is 0 Å². The van der Waals surface area contributed by atoms with Gasteiger partial charge in [-0.3, -0.25) is 0 Å². The van der Waals surface area contributed by atoms with Gasteiger partial charge in [0.05, 0.1) is 6.04 Å². The molecule has 0 fully saturated rings. The topological polar surface area (TPSA) is 26.0 Å². The molecule has 0 saturated carbocycles. The molecular formula is C15H19N. The van der Waals surface area contributed by atoms with E-state index < -0.39 is 0 Å². The van der Waals surface area contributed by atoms with Gasteiger partial charge >= 0.3 is 0 Å². The van der Waals surface area contributed by atoms with Crippen molar-refractivity contribution in [2.45, 2.75) is 44.6 Å². The maximum absolute atomic E-state index is 6.33. The number of rotatable bonds is 2. The normalized spacial score (nSPS) is 20.7. The largest absolute Gasteiger partial charge is 0.321 e. The van der Waals surface area contributed by atoms with Crippen LogP contribution in [0.2, 0.25) is 0 Å². The first kappa shape index (κ1) is 10.1. The molecule has 0 amide bonds. The van der Waals surface area contributed by atoms with E-state index in [4.69, 9.17) is 5.73 Å². The van der Waals surface area contributed by atoms with Crippen molar-refractivity contribution in [3.63, 3.8) is 0 Å². The molecular weight excluding hydrogens is 194 g/mol. The molecule has 1 nitrogen and oxygen atoms in total. The van der Waals surface area contributed by atoms with E-state index in [9.17, 15) is 0 Å². The highest BCUT2D eigenvalue weighted by Gasteiger charge is 2.17. The highest BCUT2D eigenvalue weighted by Crippen LogP contribution is 2.31. The van der Waals surface area contributed by atoms with E-state index in [0.29, 0.717) is 0 Å². The van der Waals surface area contributed by atoms with Crippen LogP contribution in [-0.2, 0) is 12.8 Å². The van der Waals surface area contributed by atoms with Crippen LogP contribution in [-0.4, -0.2) is 0 Å². The van der Waals surface area contributed by atoms with Gasteiger partial charge in [-0.2, -0.15) is 0 Å². The third kappa shape index (κ3) is 1.69.